The minimum atomic E-state index is 0.601. The van der Waals surface area contributed by atoms with Crippen molar-refractivity contribution in [3.8, 4) is 0 Å². The van der Waals surface area contributed by atoms with Gasteiger partial charge in [-0.3, -0.25) is 0 Å². The standard InChI is InChI=1S/C14H16N3/c15-17-7-5-10(6-8-17)14-13(17)9-11-3-1-2-4-12(11)16-14/h1-4,9-10H,5-8,15H2/q+1. The van der Waals surface area contributed by atoms with Crippen LogP contribution in [0.15, 0.2) is 30.3 Å². The molecule has 1 fully saturated rings. The van der Waals surface area contributed by atoms with E-state index in [0.717, 1.165) is 18.6 Å². The van der Waals surface area contributed by atoms with Crippen LogP contribution in [0.5, 0.6) is 0 Å². The Hall–Kier alpha value is -1.45. The molecule has 3 heteroatoms. The zero-order valence-electron chi connectivity index (χ0n) is 9.76. The summed E-state index contributed by atoms with van der Waals surface area (Å²) in [6, 6.07) is 10.6. The van der Waals surface area contributed by atoms with Gasteiger partial charge in [-0.1, -0.05) is 18.2 Å². The van der Waals surface area contributed by atoms with Crippen LogP contribution in [-0.4, -0.2) is 18.1 Å². The molecule has 0 unspecified atom stereocenters. The van der Waals surface area contributed by atoms with Gasteiger partial charge in [-0.25, -0.2) is 9.58 Å². The van der Waals surface area contributed by atoms with Crippen molar-refractivity contribution >= 4 is 16.6 Å². The molecule has 2 N–H and O–H groups in total. The molecule has 4 heterocycles. The average molecular weight is 226 g/mol. The van der Waals surface area contributed by atoms with E-state index in [1.54, 1.807) is 0 Å². The zero-order chi connectivity index (χ0) is 11.5. The second kappa shape index (κ2) is 3.06. The largest absolute Gasteiger partial charge is 0.246 e. The third-order valence-electron chi connectivity index (χ3n) is 4.35. The van der Waals surface area contributed by atoms with Gasteiger partial charge in [0.15, 0.2) is 5.69 Å². The van der Waals surface area contributed by atoms with Gasteiger partial charge < -0.3 is 0 Å². The molecule has 1 saturated heterocycles. The van der Waals surface area contributed by atoms with Crippen LogP contribution in [0.4, 0.5) is 5.69 Å². The Balaban J connectivity index is 2.06. The molecule has 0 aliphatic carbocycles. The number of nitrogens with zero attached hydrogens (tertiary/aromatic N) is 2. The fourth-order valence-electron chi connectivity index (χ4n) is 3.32. The predicted molar refractivity (Wildman–Crippen MR) is 69.4 cm³/mol. The summed E-state index contributed by atoms with van der Waals surface area (Å²) < 4.78 is 0.601. The monoisotopic (exact) mass is 226 g/mol. The molecule has 17 heavy (non-hydrogen) atoms. The molecule has 3 aliphatic rings. The van der Waals surface area contributed by atoms with E-state index in [9.17, 15) is 0 Å². The zero-order valence-corrected chi connectivity index (χ0v) is 9.76. The number of hydrogen-bond acceptors (Lipinski definition) is 2. The number of benzene rings is 1. The Morgan fingerprint density at radius 2 is 1.94 bits per heavy atom. The van der Waals surface area contributed by atoms with Crippen LogP contribution in [0.2, 0.25) is 0 Å². The van der Waals surface area contributed by atoms with E-state index < -0.39 is 0 Å². The normalized spacial score (nSPS) is 30.5. The third kappa shape index (κ3) is 1.21. The van der Waals surface area contributed by atoms with E-state index in [4.69, 9.17) is 10.8 Å². The second-order valence-corrected chi connectivity index (χ2v) is 5.34. The maximum Gasteiger partial charge on any atom is 0.174 e. The number of piperidine rings is 1. The number of hydrogen-bond donors (Lipinski definition) is 1. The van der Waals surface area contributed by atoms with Crippen LogP contribution < -0.4 is 10.4 Å². The molecule has 86 valence electrons. The van der Waals surface area contributed by atoms with Crippen LogP contribution in [-0.2, 0) is 0 Å². The average Bonchev–Trinajstić information content (AvgIpc) is 2.38. The summed E-state index contributed by atoms with van der Waals surface area (Å²) in [5, 5.41) is 1.21. The van der Waals surface area contributed by atoms with Gasteiger partial charge in [-0.05, 0) is 6.07 Å². The summed E-state index contributed by atoms with van der Waals surface area (Å²) in [6.45, 7) is 2.13. The van der Waals surface area contributed by atoms with Gasteiger partial charge in [-0.15, -0.1) is 0 Å². The maximum atomic E-state index is 6.50. The summed E-state index contributed by atoms with van der Waals surface area (Å²) in [6.07, 6.45) is 2.38. The quantitative estimate of drug-likeness (QED) is 0.553. The summed E-state index contributed by atoms with van der Waals surface area (Å²) >= 11 is 0. The Labute approximate surface area is 100 Å². The molecular weight excluding hydrogens is 210 g/mol. The van der Waals surface area contributed by atoms with Gasteiger partial charge in [0, 0.05) is 30.2 Å². The predicted octanol–water partition coefficient (Wildman–Crippen LogP) is 2.31. The fourth-order valence-corrected chi connectivity index (χ4v) is 3.32. The lowest BCUT2D eigenvalue weighted by molar-refractivity contribution is 0.188. The number of pyridine rings is 1. The van der Waals surface area contributed by atoms with E-state index in [1.165, 1.54) is 29.6 Å². The van der Waals surface area contributed by atoms with Crippen LogP contribution in [0.1, 0.15) is 24.5 Å². The molecule has 2 aromatic rings. The first kappa shape index (κ1) is 9.57. The fraction of sp³-hybridized carbons (Fsp3) is 0.357. The van der Waals surface area contributed by atoms with E-state index in [-0.39, 0.29) is 0 Å². The molecule has 1 aromatic heterocycles. The molecule has 2 bridgehead atoms. The molecular formula is C14H16N3+. The summed E-state index contributed by atoms with van der Waals surface area (Å²) in [5.74, 6) is 7.13. The Morgan fingerprint density at radius 1 is 1.18 bits per heavy atom. The van der Waals surface area contributed by atoms with Crippen LogP contribution in [0.3, 0.4) is 0 Å². The van der Waals surface area contributed by atoms with Crippen molar-refractivity contribution < 1.29 is 0 Å². The minimum Gasteiger partial charge on any atom is -0.246 e. The van der Waals surface area contributed by atoms with E-state index >= 15 is 0 Å². The Bertz CT molecular complexity index is 597. The first-order chi connectivity index (χ1) is 8.26. The molecule has 1 aromatic carbocycles. The van der Waals surface area contributed by atoms with Crippen molar-refractivity contribution in [3.63, 3.8) is 0 Å². The minimum absolute atomic E-state index is 0.601. The highest BCUT2D eigenvalue weighted by Crippen LogP contribution is 2.44. The number of nitrogens with two attached hydrogens (primary N) is 1. The highest BCUT2D eigenvalue weighted by atomic mass is 15.6. The Kier molecular flexibility index (Phi) is 1.72. The second-order valence-electron chi connectivity index (χ2n) is 5.34. The molecule has 0 atom stereocenters. The smallest absolute Gasteiger partial charge is 0.174 e. The number of rotatable bonds is 0. The van der Waals surface area contributed by atoms with Gasteiger partial charge in [-0.2, -0.15) is 5.84 Å². The van der Waals surface area contributed by atoms with Crippen molar-refractivity contribution in [2.75, 3.05) is 13.1 Å². The van der Waals surface area contributed by atoms with Gasteiger partial charge >= 0.3 is 0 Å². The lowest BCUT2D eigenvalue weighted by Gasteiger charge is -2.44. The number of para-hydroxylation sites is 1. The van der Waals surface area contributed by atoms with Crippen LogP contribution >= 0.6 is 0 Å². The third-order valence-corrected chi connectivity index (χ3v) is 4.35. The molecule has 0 saturated carbocycles. The molecule has 5 rings (SSSR count). The van der Waals surface area contributed by atoms with Gasteiger partial charge in [0.2, 0.25) is 0 Å². The van der Waals surface area contributed by atoms with Crippen LogP contribution in [0.25, 0.3) is 10.9 Å². The molecule has 0 amide bonds. The van der Waals surface area contributed by atoms with Crippen molar-refractivity contribution in [1.29, 1.82) is 0 Å². The van der Waals surface area contributed by atoms with E-state index in [1.807, 2.05) is 0 Å². The molecule has 0 radical (unpaired) electrons. The van der Waals surface area contributed by atoms with Gasteiger partial charge in [0.1, 0.15) is 18.8 Å². The number of quaternary nitrogens is 1. The topological polar surface area (TPSA) is 38.9 Å². The lowest BCUT2D eigenvalue weighted by atomic mass is 9.85. The first-order valence-corrected chi connectivity index (χ1v) is 6.32. The maximum absolute atomic E-state index is 6.50. The summed E-state index contributed by atoms with van der Waals surface area (Å²) in [5.41, 5.74) is 3.61. The van der Waals surface area contributed by atoms with E-state index in [0.29, 0.717) is 10.5 Å². The lowest BCUT2D eigenvalue weighted by Crippen LogP contribution is -2.63. The number of fused-ring (bicyclic) bond motifs is 3. The molecule has 3 aliphatic heterocycles. The Morgan fingerprint density at radius 3 is 2.76 bits per heavy atom. The SMILES string of the molecule is N[N+]12CCC(CC1)c1nc3ccccc3cc12. The first-order valence-electron chi connectivity index (χ1n) is 6.32. The van der Waals surface area contributed by atoms with Crippen molar-refractivity contribution in [3.05, 3.63) is 36.0 Å². The van der Waals surface area contributed by atoms with Crippen molar-refractivity contribution in [2.24, 2.45) is 5.84 Å². The van der Waals surface area contributed by atoms with Gasteiger partial charge in [0.25, 0.3) is 0 Å². The highest BCUT2D eigenvalue weighted by Gasteiger charge is 2.44. The molecule has 3 nitrogen and oxygen atoms in total. The highest BCUT2D eigenvalue weighted by molar-refractivity contribution is 5.83. The van der Waals surface area contributed by atoms with Crippen molar-refractivity contribution in [1.82, 2.24) is 9.58 Å². The summed E-state index contributed by atoms with van der Waals surface area (Å²) in [7, 11) is 0. The van der Waals surface area contributed by atoms with E-state index in [2.05, 4.69) is 30.3 Å². The van der Waals surface area contributed by atoms with Crippen LogP contribution in [0, 0.1) is 0 Å². The van der Waals surface area contributed by atoms with Gasteiger partial charge in [0.05, 0.1) is 5.52 Å². The summed E-state index contributed by atoms with van der Waals surface area (Å²) in [4.78, 5) is 4.85. The molecule has 0 spiro atoms. The number of aromatic nitrogens is 1. The van der Waals surface area contributed by atoms with Crippen molar-refractivity contribution in [2.45, 2.75) is 18.8 Å².